The van der Waals surface area contributed by atoms with Gasteiger partial charge in [0.15, 0.2) is 0 Å². The molecule has 0 bridgehead atoms. The van der Waals surface area contributed by atoms with E-state index >= 15 is 0 Å². The first kappa shape index (κ1) is 10.9. The normalized spacial score (nSPS) is 10.4. The molecule has 0 unspecified atom stereocenters. The molecule has 0 aliphatic carbocycles. The zero-order valence-electron chi connectivity index (χ0n) is 7.33. The minimum Gasteiger partial charge on any atom is -0.396 e. The van der Waals surface area contributed by atoms with E-state index in [9.17, 15) is 0 Å². The van der Waals surface area contributed by atoms with Crippen LogP contribution in [0, 0.1) is 0 Å². The van der Waals surface area contributed by atoms with Crippen LogP contribution in [-0.2, 0) is 6.42 Å². The van der Waals surface area contributed by atoms with Crippen molar-refractivity contribution in [2.24, 2.45) is 0 Å². The molecule has 0 aliphatic rings. The SMILES string of the molecule is CCc1nc(Br)cc(SCCO)n1. The van der Waals surface area contributed by atoms with Crippen molar-refractivity contribution in [3.05, 3.63) is 16.5 Å². The summed E-state index contributed by atoms with van der Waals surface area (Å²) in [5.41, 5.74) is 0. The number of nitrogens with zero attached hydrogens (tertiary/aromatic N) is 2. The molecule has 1 aromatic heterocycles. The zero-order chi connectivity index (χ0) is 9.68. The molecule has 0 fully saturated rings. The summed E-state index contributed by atoms with van der Waals surface area (Å²) in [6.07, 6.45) is 0.826. The van der Waals surface area contributed by atoms with Gasteiger partial charge in [0.25, 0.3) is 0 Å². The van der Waals surface area contributed by atoms with Gasteiger partial charge in [-0.05, 0) is 15.9 Å². The highest BCUT2D eigenvalue weighted by Gasteiger charge is 2.01. The Morgan fingerprint density at radius 2 is 2.31 bits per heavy atom. The maximum absolute atomic E-state index is 8.65. The van der Waals surface area contributed by atoms with Crippen molar-refractivity contribution < 1.29 is 5.11 Å². The molecule has 1 aromatic rings. The van der Waals surface area contributed by atoms with Crippen molar-refractivity contribution >= 4 is 27.7 Å². The van der Waals surface area contributed by atoms with Gasteiger partial charge in [0.2, 0.25) is 0 Å². The Bertz CT molecular complexity index is 283. The lowest BCUT2D eigenvalue weighted by Crippen LogP contribution is -1.96. The Labute approximate surface area is 90.1 Å². The van der Waals surface area contributed by atoms with Crippen molar-refractivity contribution in [1.29, 1.82) is 0 Å². The lowest BCUT2D eigenvalue weighted by Gasteiger charge is -2.01. The Balaban J connectivity index is 2.76. The number of rotatable bonds is 4. The van der Waals surface area contributed by atoms with Gasteiger partial charge in [-0.3, -0.25) is 0 Å². The predicted octanol–water partition coefficient (Wildman–Crippen LogP) is 1.89. The van der Waals surface area contributed by atoms with Gasteiger partial charge in [-0.1, -0.05) is 6.92 Å². The first-order valence-electron chi connectivity index (χ1n) is 4.03. The quantitative estimate of drug-likeness (QED) is 0.665. The van der Waals surface area contributed by atoms with Crippen LogP contribution in [0.25, 0.3) is 0 Å². The predicted molar refractivity (Wildman–Crippen MR) is 56.9 cm³/mol. The second kappa shape index (κ2) is 5.57. The van der Waals surface area contributed by atoms with Crippen molar-refractivity contribution in [3.8, 4) is 0 Å². The van der Waals surface area contributed by atoms with Gasteiger partial charge in [-0.15, -0.1) is 11.8 Å². The molecule has 5 heteroatoms. The van der Waals surface area contributed by atoms with E-state index in [4.69, 9.17) is 5.11 Å². The molecule has 1 heterocycles. The van der Waals surface area contributed by atoms with E-state index in [1.54, 1.807) is 0 Å². The van der Waals surface area contributed by atoms with Crippen molar-refractivity contribution in [1.82, 2.24) is 9.97 Å². The van der Waals surface area contributed by atoms with Crippen LogP contribution in [0.2, 0.25) is 0 Å². The highest BCUT2D eigenvalue weighted by molar-refractivity contribution is 9.10. The fourth-order valence-corrected chi connectivity index (χ4v) is 2.06. The second-order valence-electron chi connectivity index (χ2n) is 2.37. The van der Waals surface area contributed by atoms with Crippen molar-refractivity contribution in [2.75, 3.05) is 12.4 Å². The Morgan fingerprint density at radius 3 is 2.92 bits per heavy atom. The maximum Gasteiger partial charge on any atom is 0.130 e. The third-order valence-corrected chi connectivity index (χ3v) is 2.67. The van der Waals surface area contributed by atoms with Crippen LogP contribution in [0.3, 0.4) is 0 Å². The molecule has 13 heavy (non-hydrogen) atoms. The lowest BCUT2D eigenvalue weighted by molar-refractivity contribution is 0.322. The lowest BCUT2D eigenvalue weighted by atomic mass is 10.4. The van der Waals surface area contributed by atoms with Gasteiger partial charge in [0, 0.05) is 18.2 Å². The summed E-state index contributed by atoms with van der Waals surface area (Å²) in [6, 6.07) is 1.86. The van der Waals surface area contributed by atoms with Gasteiger partial charge < -0.3 is 5.11 Å². The summed E-state index contributed by atoms with van der Waals surface area (Å²) < 4.78 is 0.805. The molecule has 72 valence electrons. The molecular formula is C8H11BrN2OS. The Kier molecular flexibility index (Phi) is 4.69. The van der Waals surface area contributed by atoms with Gasteiger partial charge in [-0.2, -0.15) is 0 Å². The topological polar surface area (TPSA) is 46.0 Å². The van der Waals surface area contributed by atoms with Crippen molar-refractivity contribution in [3.63, 3.8) is 0 Å². The highest BCUT2D eigenvalue weighted by Crippen LogP contribution is 2.18. The smallest absolute Gasteiger partial charge is 0.130 e. The van der Waals surface area contributed by atoms with Crippen LogP contribution in [0.4, 0.5) is 0 Å². The minimum absolute atomic E-state index is 0.174. The molecule has 3 nitrogen and oxygen atoms in total. The van der Waals surface area contributed by atoms with Crippen LogP contribution in [0.15, 0.2) is 15.7 Å². The monoisotopic (exact) mass is 262 g/mol. The third-order valence-electron chi connectivity index (χ3n) is 1.38. The number of thioether (sulfide) groups is 1. The largest absolute Gasteiger partial charge is 0.396 e. The second-order valence-corrected chi connectivity index (χ2v) is 4.30. The molecule has 0 radical (unpaired) electrons. The van der Waals surface area contributed by atoms with E-state index < -0.39 is 0 Å². The first-order chi connectivity index (χ1) is 6.26. The number of aryl methyl sites for hydroxylation is 1. The van der Waals surface area contributed by atoms with E-state index in [2.05, 4.69) is 25.9 Å². The first-order valence-corrected chi connectivity index (χ1v) is 5.81. The molecule has 1 N–H and O–H groups in total. The summed E-state index contributed by atoms with van der Waals surface area (Å²) in [5, 5.41) is 9.56. The molecule has 1 rings (SSSR count). The van der Waals surface area contributed by atoms with E-state index in [0.717, 1.165) is 21.9 Å². The Hall–Kier alpha value is -0.130. The number of hydrogen-bond donors (Lipinski definition) is 1. The van der Waals surface area contributed by atoms with Gasteiger partial charge in [-0.25, -0.2) is 9.97 Å². The summed E-state index contributed by atoms with van der Waals surface area (Å²) in [5.74, 6) is 1.50. The maximum atomic E-state index is 8.65. The highest BCUT2D eigenvalue weighted by atomic mass is 79.9. The Morgan fingerprint density at radius 1 is 1.54 bits per heavy atom. The van der Waals surface area contributed by atoms with E-state index in [-0.39, 0.29) is 6.61 Å². The van der Waals surface area contributed by atoms with E-state index in [1.807, 2.05) is 13.0 Å². The van der Waals surface area contributed by atoms with Crippen LogP contribution < -0.4 is 0 Å². The van der Waals surface area contributed by atoms with Gasteiger partial charge in [0.05, 0.1) is 6.61 Å². The number of hydrogen-bond acceptors (Lipinski definition) is 4. The molecule has 0 saturated heterocycles. The van der Waals surface area contributed by atoms with Crippen LogP contribution in [-0.4, -0.2) is 27.4 Å². The summed E-state index contributed by atoms with van der Waals surface area (Å²) >= 11 is 4.85. The van der Waals surface area contributed by atoms with E-state index in [1.165, 1.54) is 11.8 Å². The third kappa shape index (κ3) is 3.62. The van der Waals surface area contributed by atoms with Gasteiger partial charge >= 0.3 is 0 Å². The average Bonchev–Trinajstić information content (AvgIpc) is 2.14. The van der Waals surface area contributed by atoms with E-state index in [0.29, 0.717) is 5.75 Å². The number of halogens is 1. The van der Waals surface area contributed by atoms with Crippen LogP contribution in [0.5, 0.6) is 0 Å². The molecular weight excluding hydrogens is 252 g/mol. The molecule has 0 amide bonds. The number of aliphatic hydroxyl groups excluding tert-OH is 1. The molecule has 0 saturated carbocycles. The summed E-state index contributed by atoms with van der Waals surface area (Å²) in [7, 11) is 0. The fourth-order valence-electron chi connectivity index (χ4n) is 0.824. The fraction of sp³-hybridized carbons (Fsp3) is 0.500. The van der Waals surface area contributed by atoms with Gasteiger partial charge in [0.1, 0.15) is 15.5 Å². The molecule has 0 aliphatic heterocycles. The number of aliphatic hydroxyl groups is 1. The minimum atomic E-state index is 0.174. The molecule has 0 aromatic carbocycles. The average molecular weight is 263 g/mol. The standard InChI is InChI=1S/C8H11BrN2OS/c1-2-7-10-6(9)5-8(11-7)13-4-3-12/h5,12H,2-4H2,1H3. The van der Waals surface area contributed by atoms with Crippen LogP contribution >= 0.6 is 27.7 Å². The molecule has 0 spiro atoms. The summed E-state index contributed by atoms with van der Waals surface area (Å²) in [4.78, 5) is 8.49. The number of aromatic nitrogens is 2. The van der Waals surface area contributed by atoms with Crippen molar-refractivity contribution in [2.45, 2.75) is 18.4 Å². The summed E-state index contributed by atoms with van der Waals surface area (Å²) in [6.45, 7) is 2.19. The van der Waals surface area contributed by atoms with Crippen LogP contribution in [0.1, 0.15) is 12.7 Å². The zero-order valence-corrected chi connectivity index (χ0v) is 9.73. The molecule has 0 atom stereocenters.